The minimum absolute atomic E-state index is 0.141. The van der Waals surface area contributed by atoms with Crippen molar-refractivity contribution in [1.82, 2.24) is 4.98 Å². The summed E-state index contributed by atoms with van der Waals surface area (Å²) in [6.45, 7) is 4.88. The van der Waals surface area contributed by atoms with Crippen LogP contribution in [0.2, 0.25) is 5.02 Å². The predicted octanol–water partition coefficient (Wildman–Crippen LogP) is 5.16. The molecule has 7 nitrogen and oxygen atoms in total. The number of carbonyl (C=O) groups excluding carboxylic acids is 1. The van der Waals surface area contributed by atoms with Crippen molar-refractivity contribution in [1.29, 1.82) is 0 Å². The van der Waals surface area contributed by atoms with Gasteiger partial charge in [0.2, 0.25) is 0 Å². The molecule has 0 radical (unpaired) electrons. The molecule has 8 heteroatoms. The van der Waals surface area contributed by atoms with Crippen molar-refractivity contribution in [2.45, 2.75) is 13.8 Å². The largest absolute Gasteiger partial charge is 0.495 e. The highest BCUT2D eigenvalue weighted by Gasteiger charge is 2.20. The molecule has 1 amide bonds. The first kappa shape index (κ1) is 24.4. The topological polar surface area (TPSA) is 83.9 Å². The summed E-state index contributed by atoms with van der Waals surface area (Å²) in [6, 6.07) is 15.7. The Bertz CT molecular complexity index is 1070. The lowest BCUT2D eigenvalue weighted by atomic mass is 10.1. The molecule has 0 saturated heterocycles. The summed E-state index contributed by atoms with van der Waals surface area (Å²) in [5.74, 6) is 1.88. The first-order valence-electron chi connectivity index (χ1n) is 10.6. The maximum absolute atomic E-state index is 13.0. The Hall–Kier alpha value is -3.29. The van der Waals surface area contributed by atoms with Gasteiger partial charge in [0.1, 0.15) is 11.5 Å². The molecule has 1 aromatic heterocycles. The molecule has 1 heterocycles. The van der Waals surface area contributed by atoms with Gasteiger partial charge >= 0.3 is 0 Å². The highest BCUT2D eigenvalue weighted by atomic mass is 35.5. The number of amides is 1. The lowest BCUT2D eigenvalue weighted by Crippen LogP contribution is -2.23. The Kier molecular flexibility index (Phi) is 8.52. The fraction of sp³-hybridized carbons (Fsp3) is 0.280. The van der Waals surface area contributed by atoms with E-state index in [9.17, 15) is 9.90 Å². The van der Waals surface area contributed by atoms with Gasteiger partial charge in [-0.2, -0.15) is 0 Å². The molecule has 0 bridgehead atoms. The number of aliphatic hydroxyl groups is 1. The van der Waals surface area contributed by atoms with Crippen molar-refractivity contribution in [2.75, 3.05) is 37.1 Å². The number of pyridine rings is 1. The van der Waals surface area contributed by atoms with Gasteiger partial charge in [0.15, 0.2) is 5.82 Å². The van der Waals surface area contributed by atoms with Crippen LogP contribution in [0.25, 0.3) is 0 Å². The van der Waals surface area contributed by atoms with Gasteiger partial charge in [-0.3, -0.25) is 4.79 Å². The van der Waals surface area contributed by atoms with Gasteiger partial charge in [-0.05, 0) is 60.5 Å². The summed E-state index contributed by atoms with van der Waals surface area (Å²) < 4.78 is 11.2. The SMILES string of the molecule is COc1ccc(C(=O)Nc2ccc(OCC(C)C)cc2)cc1N(CCO)c1ncccc1Cl. The second-order valence-electron chi connectivity index (χ2n) is 7.75. The number of nitrogens with one attached hydrogen (secondary N) is 1. The fourth-order valence-corrected chi connectivity index (χ4v) is 3.38. The van der Waals surface area contributed by atoms with Gasteiger partial charge < -0.3 is 24.8 Å². The van der Waals surface area contributed by atoms with Crippen LogP contribution in [-0.4, -0.2) is 42.9 Å². The zero-order chi connectivity index (χ0) is 23.8. The molecule has 3 rings (SSSR count). The van der Waals surface area contributed by atoms with Crippen molar-refractivity contribution in [3.63, 3.8) is 0 Å². The molecule has 0 unspecified atom stereocenters. The van der Waals surface area contributed by atoms with Crippen LogP contribution >= 0.6 is 11.6 Å². The number of anilines is 3. The highest BCUT2D eigenvalue weighted by Crippen LogP contribution is 2.36. The third kappa shape index (κ3) is 6.37. The van der Waals surface area contributed by atoms with Crippen LogP contribution in [0.3, 0.4) is 0 Å². The first-order valence-corrected chi connectivity index (χ1v) is 11.0. The molecular formula is C25H28ClN3O4. The standard InChI is InChI=1S/C25H28ClN3O4/c1-17(2)16-33-20-9-7-19(8-10-20)28-25(31)18-6-11-23(32-3)22(15-18)29(13-14-30)24-21(26)5-4-12-27-24/h4-12,15,17,30H,13-14,16H2,1-3H3,(H,28,31). The third-order valence-electron chi connectivity index (χ3n) is 4.75. The number of methoxy groups -OCH3 is 1. The lowest BCUT2D eigenvalue weighted by molar-refractivity contribution is 0.102. The van der Waals surface area contributed by atoms with Gasteiger partial charge in [0.25, 0.3) is 5.91 Å². The lowest BCUT2D eigenvalue weighted by Gasteiger charge is -2.26. The van der Waals surface area contributed by atoms with Crippen LogP contribution in [0.1, 0.15) is 24.2 Å². The van der Waals surface area contributed by atoms with Crippen molar-refractivity contribution >= 4 is 34.7 Å². The number of halogens is 1. The molecule has 0 spiro atoms. The van der Waals surface area contributed by atoms with E-state index in [4.69, 9.17) is 21.1 Å². The third-order valence-corrected chi connectivity index (χ3v) is 5.04. The Labute approximate surface area is 198 Å². The van der Waals surface area contributed by atoms with E-state index in [0.717, 1.165) is 5.75 Å². The van der Waals surface area contributed by atoms with Crippen LogP contribution in [-0.2, 0) is 0 Å². The summed E-state index contributed by atoms with van der Waals surface area (Å²) in [5.41, 5.74) is 1.63. The number of aromatic nitrogens is 1. The molecular weight excluding hydrogens is 442 g/mol. The Morgan fingerprint density at radius 3 is 2.58 bits per heavy atom. The average molecular weight is 470 g/mol. The molecule has 0 atom stereocenters. The van der Waals surface area contributed by atoms with Gasteiger partial charge in [0.05, 0.1) is 31.0 Å². The number of nitrogens with zero attached hydrogens (tertiary/aromatic N) is 2. The second-order valence-corrected chi connectivity index (χ2v) is 8.16. The summed E-state index contributed by atoms with van der Waals surface area (Å²) >= 11 is 6.35. The van der Waals surface area contributed by atoms with E-state index in [2.05, 4.69) is 24.1 Å². The number of rotatable bonds is 10. The number of hydrogen-bond donors (Lipinski definition) is 2. The molecule has 0 fully saturated rings. The molecule has 0 saturated carbocycles. The normalized spacial score (nSPS) is 10.7. The molecule has 3 aromatic rings. The number of aliphatic hydroxyl groups excluding tert-OH is 1. The Morgan fingerprint density at radius 2 is 1.94 bits per heavy atom. The van der Waals surface area contributed by atoms with E-state index in [-0.39, 0.29) is 19.1 Å². The zero-order valence-corrected chi connectivity index (χ0v) is 19.7. The van der Waals surface area contributed by atoms with E-state index < -0.39 is 0 Å². The summed E-state index contributed by atoms with van der Waals surface area (Å²) in [5, 5.41) is 12.9. The number of hydrogen-bond acceptors (Lipinski definition) is 6. The smallest absolute Gasteiger partial charge is 0.255 e. The van der Waals surface area contributed by atoms with Gasteiger partial charge in [-0.1, -0.05) is 25.4 Å². The second kappa shape index (κ2) is 11.5. The summed E-state index contributed by atoms with van der Waals surface area (Å²) in [7, 11) is 1.54. The highest BCUT2D eigenvalue weighted by molar-refractivity contribution is 6.33. The van der Waals surface area contributed by atoms with Crippen LogP contribution in [0.4, 0.5) is 17.2 Å². The van der Waals surface area contributed by atoms with Crippen molar-refractivity contribution < 1.29 is 19.4 Å². The number of benzene rings is 2. The van der Waals surface area contributed by atoms with E-state index in [1.165, 1.54) is 0 Å². The van der Waals surface area contributed by atoms with Crippen molar-refractivity contribution in [3.05, 3.63) is 71.4 Å². The van der Waals surface area contributed by atoms with Crippen molar-refractivity contribution in [2.24, 2.45) is 5.92 Å². The predicted molar refractivity (Wildman–Crippen MR) is 131 cm³/mol. The van der Waals surface area contributed by atoms with E-state index >= 15 is 0 Å². The average Bonchev–Trinajstić information content (AvgIpc) is 2.82. The molecule has 0 aliphatic rings. The van der Waals surface area contributed by atoms with Gasteiger partial charge in [0, 0.05) is 24.0 Å². The van der Waals surface area contributed by atoms with E-state index in [0.29, 0.717) is 46.1 Å². The van der Waals surface area contributed by atoms with Crippen LogP contribution in [0.5, 0.6) is 11.5 Å². The monoisotopic (exact) mass is 469 g/mol. The van der Waals surface area contributed by atoms with Gasteiger partial charge in [-0.15, -0.1) is 0 Å². The van der Waals surface area contributed by atoms with E-state index in [1.807, 2.05) is 12.1 Å². The molecule has 33 heavy (non-hydrogen) atoms. The molecule has 2 N–H and O–H groups in total. The molecule has 174 valence electrons. The number of carbonyl (C=O) groups is 1. The van der Waals surface area contributed by atoms with E-state index in [1.54, 1.807) is 60.7 Å². The van der Waals surface area contributed by atoms with Crippen LogP contribution < -0.4 is 19.7 Å². The zero-order valence-electron chi connectivity index (χ0n) is 18.9. The summed E-state index contributed by atoms with van der Waals surface area (Å²) in [4.78, 5) is 19.0. The van der Waals surface area contributed by atoms with Crippen LogP contribution in [0.15, 0.2) is 60.8 Å². The Balaban J connectivity index is 1.85. The minimum atomic E-state index is -0.286. The van der Waals surface area contributed by atoms with Crippen LogP contribution in [0, 0.1) is 5.92 Å². The van der Waals surface area contributed by atoms with Gasteiger partial charge in [-0.25, -0.2) is 4.98 Å². The molecule has 2 aromatic carbocycles. The molecule has 0 aliphatic carbocycles. The minimum Gasteiger partial charge on any atom is -0.495 e. The molecule has 0 aliphatic heterocycles. The maximum Gasteiger partial charge on any atom is 0.255 e. The van der Waals surface area contributed by atoms with Crippen molar-refractivity contribution in [3.8, 4) is 11.5 Å². The fourth-order valence-electron chi connectivity index (χ4n) is 3.16. The summed E-state index contributed by atoms with van der Waals surface area (Å²) in [6.07, 6.45) is 1.61. The number of ether oxygens (including phenoxy) is 2. The Morgan fingerprint density at radius 1 is 1.18 bits per heavy atom. The first-order chi connectivity index (χ1) is 15.9. The maximum atomic E-state index is 13.0. The quantitative estimate of drug-likeness (QED) is 0.426.